The molecular formula is C17H27Cl2NO. The molecule has 0 fully saturated rings. The van der Waals surface area contributed by atoms with Gasteiger partial charge in [-0.15, -0.1) is 0 Å². The first-order valence-corrected chi connectivity index (χ1v) is 8.70. The van der Waals surface area contributed by atoms with E-state index in [1.54, 1.807) is 6.07 Å². The van der Waals surface area contributed by atoms with Crippen LogP contribution in [0.15, 0.2) is 18.2 Å². The van der Waals surface area contributed by atoms with Gasteiger partial charge in [-0.3, -0.25) is 0 Å². The average Bonchev–Trinajstić information content (AvgIpc) is 2.49. The van der Waals surface area contributed by atoms with Crippen LogP contribution in [0.5, 0.6) is 0 Å². The first kappa shape index (κ1) is 18.8. The van der Waals surface area contributed by atoms with Crippen LogP contribution in [-0.4, -0.2) is 29.6 Å². The van der Waals surface area contributed by atoms with Crippen molar-refractivity contribution in [1.82, 2.24) is 4.90 Å². The van der Waals surface area contributed by atoms with Gasteiger partial charge in [0.15, 0.2) is 0 Å². The van der Waals surface area contributed by atoms with Crippen molar-refractivity contribution >= 4 is 23.2 Å². The molecule has 0 heterocycles. The van der Waals surface area contributed by atoms with E-state index in [1.807, 2.05) is 12.1 Å². The molecule has 2 nitrogen and oxygen atoms in total. The average molecular weight is 332 g/mol. The van der Waals surface area contributed by atoms with Gasteiger partial charge in [0.2, 0.25) is 0 Å². The van der Waals surface area contributed by atoms with Crippen LogP contribution in [0.4, 0.5) is 0 Å². The monoisotopic (exact) mass is 331 g/mol. The molecule has 0 bridgehead atoms. The SMILES string of the molecule is CCCCN(CCCC)CCC(O)c1cccc(Cl)c1Cl. The molecule has 21 heavy (non-hydrogen) atoms. The van der Waals surface area contributed by atoms with Crippen molar-refractivity contribution in [1.29, 1.82) is 0 Å². The second kappa shape index (κ2) is 10.4. The highest BCUT2D eigenvalue weighted by Gasteiger charge is 2.15. The third-order valence-electron chi connectivity index (χ3n) is 3.72. The molecule has 0 aliphatic carbocycles. The normalized spacial score (nSPS) is 12.9. The molecule has 0 saturated heterocycles. The lowest BCUT2D eigenvalue weighted by atomic mass is 10.1. The van der Waals surface area contributed by atoms with Crippen LogP contribution >= 0.6 is 23.2 Å². The quantitative estimate of drug-likeness (QED) is 0.627. The Hall–Kier alpha value is -0.280. The fourth-order valence-electron chi connectivity index (χ4n) is 2.34. The van der Waals surface area contributed by atoms with E-state index in [0.717, 1.165) is 25.2 Å². The molecule has 0 amide bonds. The van der Waals surface area contributed by atoms with E-state index in [9.17, 15) is 5.11 Å². The van der Waals surface area contributed by atoms with Gasteiger partial charge in [-0.05, 0) is 38.4 Å². The number of rotatable bonds is 10. The Bertz CT molecular complexity index is 404. The highest BCUT2D eigenvalue weighted by molar-refractivity contribution is 6.42. The van der Waals surface area contributed by atoms with Gasteiger partial charge in [0, 0.05) is 12.1 Å². The smallest absolute Gasteiger partial charge is 0.0817 e. The number of aliphatic hydroxyl groups excluding tert-OH is 1. The summed E-state index contributed by atoms with van der Waals surface area (Å²) in [5.74, 6) is 0. The van der Waals surface area contributed by atoms with E-state index in [1.165, 1.54) is 25.7 Å². The van der Waals surface area contributed by atoms with Gasteiger partial charge in [0.1, 0.15) is 0 Å². The van der Waals surface area contributed by atoms with Gasteiger partial charge in [-0.25, -0.2) is 0 Å². The molecule has 1 aromatic carbocycles. The lowest BCUT2D eigenvalue weighted by Gasteiger charge is -2.23. The van der Waals surface area contributed by atoms with Crippen LogP contribution in [-0.2, 0) is 0 Å². The summed E-state index contributed by atoms with van der Waals surface area (Å²) in [5, 5.41) is 11.3. The van der Waals surface area contributed by atoms with Gasteiger partial charge in [-0.2, -0.15) is 0 Å². The molecule has 0 spiro atoms. The molecule has 1 unspecified atom stereocenters. The molecule has 0 aliphatic rings. The second-order valence-corrected chi connectivity index (χ2v) is 6.28. The maximum atomic E-state index is 10.4. The zero-order chi connectivity index (χ0) is 15.7. The van der Waals surface area contributed by atoms with Crippen LogP contribution in [0.2, 0.25) is 10.0 Å². The van der Waals surface area contributed by atoms with Crippen molar-refractivity contribution in [3.63, 3.8) is 0 Å². The maximum Gasteiger partial charge on any atom is 0.0817 e. The van der Waals surface area contributed by atoms with E-state index in [-0.39, 0.29) is 0 Å². The van der Waals surface area contributed by atoms with Gasteiger partial charge in [0.25, 0.3) is 0 Å². The minimum Gasteiger partial charge on any atom is -0.388 e. The molecule has 120 valence electrons. The summed E-state index contributed by atoms with van der Waals surface area (Å²) in [6.07, 6.45) is 4.95. The number of benzene rings is 1. The third kappa shape index (κ3) is 6.56. The van der Waals surface area contributed by atoms with Crippen molar-refractivity contribution in [2.75, 3.05) is 19.6 Å². The van der Waals surface area contributed by atoms with Gasteiger partial charge < -0.3 is 10.0 Å². The highest BCUT2D eigenvalue weighted by atomic mass is 35.5. The molecule has 1 N–H and O–H groups in total. The van der Waals surface area contributed by atoms with Crippen molar-refractivity contribution in [3.05, 3.63) is 33.8 Å². The van der Waals surface area contributed by atoms with Crippen molar-refractivity contribution in [2.24, 2.45) is 0 Å². The molecule has 1 atom stereocenters. The van der Waals surface area contributed by atoms with E-state index in [2.05, 4.69) is 18.7 Å². The third-order valence-corrected chi connectivity index (χ3v) is 4.55. The molecule has 4 heteroatoms. The number of unbranched alkanes of at least 4 members (excludes halogenated alkanes) is 2. The summed E-state index contributed by atoms with van der Waals surface area (Å²) in [5.41, 5.74) is 0.732. The first-order chi connectivity index (χ1) is 10.1. The zero-order valence-corrected chi connectivity index (χ0v) is 14.6. The van der Waals surface area contributed by atoms with E-state index in [4.69, 9.17) is 23.2 Å². The lowest BCUT2D eigenvalue weighted by Crippen LogP contribution is -2.28. The predicted octanol–water partition coefficient (Wildman–Crippen LogP) is 5.32. The number of hydrogen-bond donors (Lipinski definition) is 1. The van der Waals surface area contributed by atoms with Gasteiger partial charge in [0.05, 0.1) is 16.1 Å². The topological polar surface area (TPSA) is 23.5 Å². The molecule has 0 aliphatic heterocycles. The Morgan fingerprint density at radius 3 is 2.24 bits per heavy atom. The van der Waals surface area contributed by atoms with E-state index in [0.29, 0.717) is 16.5 Å². The van der Waals surface area contributed by atoms with Gasteiger partial charge >= 0.3 is 0 Å². The summed E-state index contributed by atoms with van der Waals surface area (Å²) in [7, 11) is 0. The van der Waals surface area contributed by atoms with Crippen molar-refractivity contribution in [3.8, 4) is 0 Å². The van der Waals surface area contributed by atoms with Crippen LogP contribution in [0.25, 0.3) is 0 Å². The number of aliphatic hydroxyl groups is 1. The van der Waals surface area contributed by atoms with Crippen molar-refractivity contribution in [2.45, 2.75) is 52.1 Å². The molecule has 0 saturated carbocycles. The Kier molecular flexibility index (Phi) is 9.34. The number of halogens is 2. The first-order valence-electron chi connectivity index (χ1n) is 7.94. The largest absolute Gasteiger partial charge is 0.388 e. The van der Waals surface area contributed by atoms with Crippen LogP contribution in [0, 0.1) is 0 Å². The Balaban J connectivity index is 2.55. The lowest BCUT2D eigenvalue weighted by molar-refractivity contribution is 0.140. The number of nitrogens with zero attached hydrogens (tertiary/aromatic N) is 1. The van der Waals surface area contributed by atoms with Gasteiger partial charge in [-0.1, -0.05) is 62.0 Å². The Morgan fingerprint density at radius 2 is 1.67 bits per heavy atom. The fourth-order valence-corrected chi connectivity index (χ4v) is 2.77. The molecule has 0 radical (unpaired) electrons. The standard InChI is InChI=1S/C17H27Cl2NO/c1-3-5-11-20(12-6-4-2)13-10-16(21)14-8-7-9-15(18)17(14)19/h7-9,16,21H,3-6,10-13H2,1-2H3. The van der Waals surface area contributed by atoms with E-state index >= 15 is 0 Å². The molecular weight excluding hydrogens is 305 g/mol. The Morgan fingerprint density at radius 1 is 1.05 bits per heavy atom. The molecule has 1 aromatic rings. The second-order valence-electron chi connectivity index (χ2n) is 5.50. The minimum absolute atomic E-state index is 0.473. The minimum atomic E-state index is -0.554. The summed E-state index contributed by atoms with van der Waals surface area (Å²) >= 11 is 12.2. The van der Waals surface area contributed by atoms with Crippen LogP contribution < -0.4 is 0 Å². The maximum absolute atomic E-state index is 10.4. The summed E-state index contributed by atoms with van der Waals surface area (Å²) in [4.78, 5) is 2.44. The summed E-state index contributed by atoms with van der Waals surface area (Å²) in [6.45, 7) is 7.51. The van der Waals surface area contributed by atoms with E-state index < -0.39 is 6.10 Å². The summed E-state index contributed by atoms with van der Waals surface area (Å²) in [6, 6.07) is 5.43. The van der Waals surface area contributed by atoms with Crippen LogP contribution in [0.1, 0.15) is 57.6 Å². The Labute approximate surface area is 139 Å². The highest BCUT2D eigenvalue weighted by Crippen LogP contribution is 2.31. The fraction of sp³-hybridized carbons (Fsp3) is 0.647. The number of hydrogen-bond acceptors (Lipinski definition) is 2. The predicted molar refractivity (Wildman–Crippen MR) is 92.3 cm³/mol. The van der Waals surface area contributed by atoms with Crippen LogP contribution in [0.3, 0.4) is 0 Å². The molecule has 0 aromatic heterocycles. The molecule has 1 rings (SSSR count). The van der Waals surface area contributed by atoms with Crippen molar-refractivity contribution < 1.29 is 5.11 Å². The zero-order valence-electron chi connectivity index (χ0n) is 13.1. The summed E-state index contributed by atoms with van der Waals surface area (Å²) < 4.78 is 0.